The quantitative estimate of drug-likeness (QED) is 0.815. The summed E-state index contributed by atoms with van der Waals surface area (Å²) in [6.45, 7) is 5.31. The van der Waals surface area contributed by atoms with E-state index in [-0.39, 0.29) is 19.4 Å². The maximum Gasteiger partial charge on any atom is 0.408 e. The fourth-order valence-electron chi connectivity index (χ4n) is 1.74. The van der Waals surface area contributed by atoms with Crippen LogP contribution in [0.3, 0.4) is 0 Å². The van der Waals surface area contributed by atoms with Gasteiger partial charge >= 0.3 is 12.1 Å². The molecule has 1 atom stereocenters. The Morgan fingerprint density at radius 2 is 1.91 bits per heavy atom. The van der Waals surface area contributed by atoms with Gasteiger partial charge in [0.2, 0.25) is 0 Å². The highest BCUT2D eigenvalue weighted by Gasteiger charge is 2.26. The summed E-state index contributed by atoms with van der Waals surface area (Å²) < 4.78 is 10.3. The van der Waals surface area contributed by atoms with Gasteiger partial charge in [-0.2, -0.15) is 5.26 Å². The number of hydrogen-bond acceptors (Lipinski definition) is 5. The van der Waals surface area contributed by atoms with Crippen molar-refractivity contribution >= 4 is 12.1 Å². The van der Waals surface area contributed by atoms with Gasteiger partial charge in [0.25, 0.3) is 0 Å². The number of amides is 1. The summed E-state index contributed by atoms with van der Waals surface area (Å²) in [6.07, 6.45) is -0.419. The lowest BCUT2D eigenvalue weighted by atomic mass is 10.1. The van der Waals surface area contributed by atoms with Crippen molar-refractivity contribution in [1.29, 1.82) is 5.26 Å². The number of hydrogen-bond donors (Lipinski definition) is 1. The summed E-state index contributed by atoms with van der Waals surface area (Å²) in [7, 11) is 0. The highest BCUT2D eigenvalue weighted by atomic mass is 16.6. The number of esters is 1. The number of alkyl carbamates (subject to hydrolysis) is 1. The summed E-state index contributed by atoms with van der Waals surface area (Å²) in [6, 6.07) is 10.2. The molecule has 0 aliphatic heterocycles. The first-order valence-electron chi connectivity index (χ1n) is 7.39. The van der Waals surface area contributed by atoms with E-state index in [0.29, 0.717) is 0 Å². The molecule has 124 valence electrons. The van der Waals surface area contributed by atoms with Crippen molar-refractivity contribution in [3.05, 3.63) is 35.9 Å². The highest BCUT2D eigenvalue weighted by Crippen LogP contribution is 2.11. The fraction of sp³-hybridized carbons (Fsp3) is 0.471. The molecule has 1 unspecified atom stereocenters. The Balaban J connectivity index is 2.56. The first kappa shape index (κ1) is 18.5. The number of rotatable bonds is 6. The minimum absolute atomic E-state index is 0.103. The molecule has 0 fully saturated rings. The van der Waals surface area contributed by atoms with E-state index in [1.807, 2.05) is 36.4 Å². The Morgan fingerprint density at radius 3 is 2.48 bits per heavy atom. The van der Waals surface area contributed by atoms with E-state index in [1.165, 1.54) is 0 Å². The normalized spacial score (nSPS) is 11.9. The number of ether oxygens (including phenoxy) is 2. The Hall–Kier alpha value is -2.55. The van der Waals surface area contributed by atoms with E-state index < -0.39 is 23.7 Å². The number of nitriles is 1. The molecule has 1 amide bonds. The third-order valence-electron chi connectivity index (χ3n) is 2.74. The van der Waals surface area contributed by atoms with Gasteiger partial charge in [0.1, 0.15) is 18.2 Å². The van der Waals surface area contributed by atoms with E-state index in [2.05, 4.69) is 5.32 Å². The standard InChI is InChI=1S/C17H22N2O4/c1-17(2,3)23-15(20)14(10-7-11-18)19-16(21)22-12-13-8-5-4-6-9-13/h4-6,8-9,14H,7,10,12H2,1-3H3,(H,19,21). The van der Waals surface area contributed by atoms with Crippen LogP contribution < -0.4 is 5.32 Å². The molecular formula is C17H22N2O4. The van der Waals surface area contributed by atoms with Gasteiger partial charge in [-0.25, -0.2) is 9.59 Å². The largest absolute Gasteiger partial charge is 0.458 e. The molecule has 0 saturated carbocycles. The van der Waals surface area contributed by atoms with Gasteiger partial charge in [0.15, 0.2) is 0 Å². The molecule has 1 aromatic carbocycles. The van der Waals surface area contributed by atoms with Crippen molar-refractivity contribution in [2.75, 3.05) is 0 Å². The summed E-state index contributed by atoms with van der Waals surface area (Å²) in [4.78, 5) is 23.9. The molecule has 6 nitrogen and oxygen atoms in total. The van der Waals surface area contributed by atoms with Gasteiger partial charge in [0, 0.05) is 6.42 Å². The van der Waals surface area contributed by atoms with Crippen molar-refractivity contribution in [2.45, 2.75) is 51.9 Å². The van der Waals surface area contributed by atoms with Gasteiger partial charge in [-0.1, -0.05) is 30.3 Å². The predicted octanol–water partition coefficient (Wildman–Crippen LogP) is 2.93. The Labute approximate surface area is 136 Å². The molecule has 1 N–H and O–H groups in total. The molecule has 23 heavy (non-hydrogen) atoms. The fourth-order valence-corrected chi connectivity index (χ4v) is 1.74. The minimum Gasteiger partial charge on any atom is -0.458 e. The summed E-state index contributed by atoms with van der Waals surface area (Å²) in [5.74, 6) is -0.579. The van der Waals surface area contributed by atoms with E-state index in [4.69, 9.17) is 14.7 Å². The van der Waals surface area contributed by atoms with Crippen molar-refractivity contribution in [2.24, 2.45) is 0 Å². The molecule has 0 aliphatic rings. The second kappa shape index (κ2) is 8.79. The summed E-state index contributed by atoms with van der Waals surface area (Å²) in [5.41, 5.74) is 0.172. The molecule has 0 radical (unpaired) electrons. The summed E-state index contributed by atoms with van der Waals surface area (Å²) >= 11 is 0. The number of carbonyl (C=O) groups excluding carboxylic acids is 2. The number of carbonyl (C=O) groups is 2. The van der Waals surface area contributed by atoms with Crippen LogP contribution in [0.15, 0.2) is 30.3 Å². The van der Waals surface area contributed by atoms with Gasteiger partial charge in [0.05, 0.1) is 6.07 Å². The zero-order valence-electron chi connectivity index (χ0n) is 13.7. The van der Waals surface area contributed by atoms with E-state index in [1.54, 1.807) is 20.8 Å². The second-order valence-electron chi connectivity index (χ2n) is 5.99. The maximum absolute atomic E-state index is 12.1. The molecule has 0 bridgehead atoms. The third-order valence-corrected chi connectivity index (χ3v) is 2.74. The third kappa shape index (κ3) is 7.86. The van der Waals surface area contributed by atoms with Crippen LogP contribution in [0.2, 0.25) is 0 Å². The molecular weight excluding hydrogens is 296 g/mol. The first-order valence-corrected chi connectivity index (χ1v) is 7.39. The SMILES string of the molecule is CC(C)(C)OC(=O)C(CCC#N)NC(=O)OCc1ccccc1. The van der Waals surface area contributed by atoms with Crippen LogP contribution in [0, 0.1) is 11.3 Å². The molecule has 1 aromatic rings. The molecule has 6 heteroatoms. The topological polar surface area (TPSA) is 88.4 Å². The average molecular weight is 318 g/mol. The molecule has 0 aromatic heterocycles. The minimum atomic E-state index is -0.905. The van der Waals surface area contributed by atoms with Crippen molar-refractivity contribution in [3.8, 4) is 6.07 Å². The molecule has 0 saturated heterocycles. The van der Waals surface area contributed by atoms with Crippen LogP contribution in [0.25, 0.3) is 0 Å². The lowest BCUT2D eigenvalue weighted by Crippen LogP contribution is -2.44. The molecule has 0 aliphatic carbocycles. The van der Waals surface area contributed by atoms with Gasteiger partial charge in [-0.3, -0.25) is 0 Å². The van der Waals surface area contributed by atoms with Gasteiger partial charge < -0.3 is 14.8 Å². The maximum atomic E-state index is 12.1. The highest BCUT2D eigenvalue weighted by molar-refractivity contribution is 5.81. The van der Waals surface area contributed by atoms with Crippen LogP contribution >= 0.6 is 0 Å². The zero-order chi connectivity index (χ0) is 17.3. The lowest BCUT2D eigenvalue weighted by Gasteiger charge is -2.24. The Bertz CT molecular complexity index is 558. The lowest BCUT2D eigenvalue weighted by molar-refractivity contribution is -0.157. The molecule has 0 spiro atoms. The van der Waals surface area contributed by atoms with Crippen LogP contribution in [-0.2, 0) is 20.9 Å². The van der Waals surface area contributed by atoms with E-state index in [0.717, 1.165) is 5.56 Å². The number of nitrogens with one attached hydrogen (secondary N) is 1. The molecule has 1 rings (SSSR count). The summed E-state index contributed by atoms with van der Waals surface area (Å²) in [5, 5.41) is 11.1. The predicted molar refractivity (Wildman–Crippen MR) is 84.2 cm³/mol. The number of benzene rings is 1. The van der Waals surface area contributed by atoms with Gasteiger partial charge in [-0.15, -0.1) is 0 Å². The second-order valence-corrected chi connectivity index (χ2v) is 5.99. The Morgan fingerprint density at radius 1 is 1.26 bits per heavy atom. The Kier molecular flexibility index (Phi) is 7.07. The van der Waals surface area contributed by atoms with Crippen molar-refractivity contribution < 1.29 is 19.1 Å². The monoisotopic (exact) mass is 318 g/mol. The number of nitrogens with zero attached hydrogens (tertiary/aromatic N) is 1. The van der Waals surface area contributed by atoms with Crippen LogP contribution in [0.4, 0.5) is 4.79 Å². The molecule has 0 heterocycles. The van der Waals surface area contributed by atoms with Crippen molar-refractivity contribution in [1.82, 2.24) is 5.32 Å². The average Bonchev–Trinajstić information content (AvgIpc) is 2.48. The van der Waals surface area contributed by atoms with Crippen LogP contribution in [0.5, 0.6) is 0 Å². The van der Waals surface area contributed by atoms with Crippen LogP contribution in [0.1, 0.15) is 39.2 Å². The van der Waals surface area contributed by atoms with Gasteiger partial charge in [-0.05, 0) is 32.8 Å². The van der Waals surface area contributed by atoms with Crippen LogP contribution in [-0.4, -0.2) is 23.7 Å². The smallest absolute Gasteiger partial charge is 0.408 e. The van der Waals surface area contributed by atoms with E-state index in [9.17, 15) is 9.59 Å². The zero-order valence-corrected chi connectivity index (χ0v) is 13.7. The van der Waals surface area contributed by atoms with E-state index >= 15 is 0 Å². The van der Waals surface area contributed by atoms with Crippen molar-refractivity contribution in [3.63, 3.8) is 0 Å². The first-order chi connectivity index (χ1) is 10.8.